The third-order valence-electron chi connectivity index (χ3n) is 3.89. The van der Waals surface area contributed by atoms with E-state index in [1.807, 2.05) is 0 Å². The predicted molar refractivity (Wildman–Crippen MR) is 66.6 cm³/mol. The summed E-state index contributed by atoms with van der Waals surface area (Å²) in [6, 6.07) is -1.19. The third-order valence-corrected chi connectivity index (χ3v) is 3.89. The Bertz CT molecular complexity index is 392. The summed E-state index contributed by atoms with van der Waals surface area (Å²) < 4.78 is 0. The van der Waals surface area contributed by atoms with Gasteiger partial charge in [0.15, 0.2) is 0 Å². The Morgan fingerprint density at radius 1 is 1.37 bits per heavy atom. The fourth-order valence-electron chi connectivity index (χ4n) is 2.71. The molecule has 3 amide bonds. The van der Waals surface area contributed by atoms with Crippen LogP contribution in [0.25, 0.3) is 0 Å². The molecule has 1 heterocycles. The Morgan fingerprint density at radius 2 is 2.00 bits per heavy atom. The van der Waals surface area contributed by atoms with Crippen LogP contribution in [0.4, 0.5) is 4.79 Å². The van der Waals surface area contributed by atoms with Gasteiger partial charge in [-0.15, -0.1) is 0 Å². The first kappa shape index (κ1) is 13.6. The molecule has 0 aromatic carbocycles. The van der Waals surface area contributed by atoms with Crippen molar-refractivity contribution < 1.29 is 19.5 Å². The minimum Gasteiger partial charge on any atom is -0.480 e. The second-order valence-electron chi connectivity index (χ2n) is 5.12. The Labute approximate surface area is 111 Å². The molecule has 1 unspecified atom stereocenters. The fourth-order valence-corrected chi connectivity index (χ4v) is 2.71. The fraction of sp³-hybridized carbons (Fsp3) is 0.750. The van der Waals surface area contributed by atoms with Crippen LogP contribution < -0.4 is 5.32 Å². The number of urea groups is 1. The molecule has 0 spiro atoms. The SMILES string of the molecule is CN(C(=O)N1CC(=O)NCC1C(=O)O)C1CCCC1. The number of carbonyl (C=O) groups excluding carboxylic acids is 2. The average molecular weight is 269 g/mol. The summed E-state index contributed by atoms with van der Waals surface area (Å²) in [4.78, 5) is 37.6. The molecular formula is C12H19N3O4. The quantitative estimate of drug-likeness (QED) is 0.730. The molecule has 1 saturated heterocycles. The van der Waals surface area contributed by atoms with E-state index in [0.717, 1.165) is 30.6 Å². The highest BCUT2D eigenvalue weighted by Gasteiger charge is 2.38. The van der Waals surface area contributed by atoms with Gasteiger partial charge in [-0.1, -0.05) is 12.8 Å². The molecule has 106 valence electrons. The molecule has 1 aliphatic heterocycles. The summed E-state index contributed by atoms with van der Waals surface area (Å²) >= 11 is 0. The van der Waals surface area contributed by atoms with Crippen molar-refractivity contribution in [3.8, 4) is 0 Å². The first-order valence-corrected chi connectivity index (χ1v) is 6.53. The number of hydrogen-bond donors (Lipinski definition) is 2. The standard InChI is InChI=1S/C12H19N3O4/c1-14(8-4-2-3-5-8)12(19)15-7-10(16)13-6-9(15)11(17)18/h8-9H,2-7H2,1H3,(H,13,16)(H,17,18). The smallest absolute Gasteiger partial charge is 0.328 e. The Hall–Kier alpha value is -1.79. The number of carboxylic acids is 1. The number of carboxylic acid groups (broad SMARTS) is 1. The van der Waals surface area contributed by atoms with Crippen molar-refractivity contribution in [2.24, 2.45) is 0 Å². The predicted octanol–water partition coefficient (Wildman–Crippen LogP) is -0.134. The summed E-state index contributed by atoms with van der Waals surface area (Å²) in [6.07, 6.45) is 4.07. The maximum Gasteiger partial charge on any atom is 0.328 e. The first-order valence-electron chi connectivity index (χ1n) is 6.53. The average Bonchev–Trinajstić information content (AvgIpc) is 2.90. The van der Waals surface area contributed by atoms with Gasteiger partial charge in [0.05, 0.1) is 0 Å². The molecule has 0 aromatic rings. The van der Waals surface area contributed by atoms with E-state index in [-0.39, 0.29) is 31.1 Å². The van der Waals surface area contributed by atoms with Crippen LogP contribution in [0.15, 0.2) is 0 Å². The lowest BCUT2D eigenvalue weighted by Gasteiger charge is -2.37. The molecule has 1 saturated carbocycles. The molecule has 0 aromatic heterocycles. The van der Waals surface area contributed by atoms with Gasteiger partial charge in [-0.3, -0.25) is 9.69 Å². The van der Waals surface area contributed by atoms with Crippen molar-refractivity contribution >= 4 is 17.9 Å². The van der Waals surface area contributed by atoms with Gasteiger partial charge >= 0.3 is 12.0 Å². The highest BCUT2D eigenvalue weighted by atomic mass is 16.4. The summed E-state index contributed by atoms with van der Waals surface area (Å²) in [6.45, 7) is -0.217. The Morgan fingerprint density at radius 3 is 2.58 bits per heavy atom. The largest absolute Gasteiger partial charge is 0.480 e. The van der Waals surface area contributed by atoms with Crippen LogP contribution in [0.2, 0.25) is 0 Å². The number of rotatable bonds is 2. The number of amides is 3. The third kappa shape index (κ3) is 2.80. The van der Waals surface area contributed by atoms with Crippen LogP contribution in [-0.2, 0) is 9.59 Å². The van der Waals surface area contributed by atoms with E-state index in [1.165, 1.54) is 0 Å². The van der Waals surface area contributed by atoms with Crippen molar-refractivity contribution in [1.82, 2.24) is 15.1 Å². The van der Waals surface area contributed by atoms with E-state index >= 15 is 0 Å². The summed E-state index contributed by atoms with van der Waals surface area (Å²) in [5, 5.41) is 11.6. The van der Waals surface area contributed by atoms with E-state index in [1.54, 1.807) is 11.9 Å². The number of nitrogens with zero attached hydrogens (tertiary/aromatic N) is 2. The van der Waals surface area contributed by atoms with Gasteiger partial charge in [-0.05, 0) is 12.8 Å². The van der Waals surface area contributed by atoms with Crippen LogP contribution in [0.5, 0.6) is 0 Å². The van der Waals surface area contributed by atoms with Crippen LogP contribution >= 0.6 is 0 Å². The normalized spacial score (nSPS) is 24.2. The molecule has 2 aliphatic rings. The van der Waals surface area contributed by atoms with Crippen molar-refractivity contribution in [3.05, 3.63) is 0 Å². The zero-order valence-electron chi connectivity index (χ0n) is 11.0. The molecule has 1 atom stereocenters. The van der Waals surface area contributed by atoms with Crippen LogP contribution in [0, 0.1) is 0 Å². The van der Waals surface area contributed by atoms with Gasteiger partial charge in [0.1, 0.15) is 12.6 Å². The molecular weight excluding hydrogens is 250 g/mol. The number of carbonyl (C=O) groups is 3. The first-order chi connectivity index (χ1) is 9.00. The van der Waals surface area contributed by atoms with Gasteiger partial charge in [0, 0.05) is 19.6 Å². The summed E-state index contributed by atoms with van der Waals surface area (Å²) in [5.41, 5.74) is 0. The van der Waals surface area contributed by atoms with Gasteiger partial charge in [0.25, 0.3) is 0 Å². The van der Waals surface area contributed by atoms with E-state index in [4.69, 9.17) is 5.11 Å². The van der Waals surface area contributed by atoms with Gasteiger partial charge in [-0.2, -0.15) is 0 Å². The molecule has 2 N–H and O–H groups in total. The van der Waals surface area contributed by atoms with Crippen molar-refractivity contribution in [1.29, 1.82) is 0 Å². The Kier molecular flexibility index (Phi) is 3.92. The highest BCUT2D eigenvalue weighted by Crippen LogP contribution is 2.23. The number of hydrogen-bond acceptors (Lipinski definition) is 3. The molecule has 1 aliphatic carbocycles. The highest BCUT2D eigenvalue weighted by molar-refractivity contribution is 5.90. The van der Waals surface area contributed by atoms with Gasteiger partial charge in [0.2, 0.25) is 5.91 Å². The van der Waals surface area contributed by atoms with E-state index in [0.29, 0.717) is 0 Å². The topological polar surface area (TPSA) is 90.0 Å². The second kappa shape index (κ2) is 5.46. The number of aliphatic carboxylic acids is 1. The lowest BCUT2D eigenvalue weighted by Crippen LogP contribution is -2.62. The van der Waals surface area contributed by atoms with Crippen LogP contribution in [0.3, 0.4) is 0 Å². The minimum atomic E-state index is -1.09. The summed E-state index contributed by atoms with van der Waals surface area (Å²) in [5.74, 6) is -1.40. The maximum absolute atomic E-state index is 12.4. The zero-order valence-corrected chi connectivity index (χ0v) is 11.0. The minimum absolute atomic E-state index is 0.0294. The molecule has 0 radical (unpaired) electrons. The van der Waals surface area contributed by atoms with E-state index in [2.05, 4.69) is 5.32 Å². The summed E-state index contributed by atoms with van der Waals surface area (Å²) in [7, 11) is 1.68. The van der Waals surface area contributed by atoms with Gasteiger partial charge in [-0.25, -0.2) is 9.59 Å². The lowest BCUT2D eigenvalue weighted by molar-refractivity contribution is -0.144. The number of nitrogens with one attached hydrogen (secondary N) is 1. The number of piperazine rings is 1. The van der Waals surface area contributed by atoms with Gasteiger partial charge < -0.3 is 15.3 Å². The van der Waals surface area contributed by atoms with Crippen molar-refractivity contribution in [3.63, 3.8) is 0 Å². The van der Waals surface area contributed by atoms with Crippen LogP contribution in [0.1, 0.15) is 25.7 Å². The maximum atomic E-state index is 12.4. The zero-order chi connectivity index (χ0) is 14.0. The molecule has 19 heavy (non-hydrogen) atoms. The monoisotopic (exact) mass is 269 g/mol. The molecule has 7 nitrogen and oxygen atoms in total. The van der Waals surface area contributed by atoms with E-state index in [9.17, 15) is 14.4 Å². The molecule has 0 bridgehead atoms. The van der Waals surface area contributed by atoms with Crippen molar-refractivity contribution in [2.75, 3.05) is 20.1 Å². The Balaban J connectivity index is 2.09. The van der Waals surface area contributed by atoms with Crippen LogP contribution in [-0.4, -0.2) is 65.0 Å². The lowest BCUT2D eigenvalue weighted by atomic mass is 10.2. The molecule has 2 fully saturated rings. The molecule has 7 heteroatoms. The molecule has 2 rings (SSSR count). The van der Waals surface area contributed by atoms with Crippen molar-refractivity contribution in [2.45, 2.75) is 37.8 Å². The second-order valence-corrected chi connectivity index (χ2v) is 5.12. The van der Waals surface area contributed by atoms with E-state index < -0.39 is 12.0 Å².